The number of rotatable bonds is 10. The molecule has 0 unspecified atom stereocenters. The summed E-state index contributed by atoms with van der Waals surface area (Å²) < 4.78 is 5.65. The highest BCUT2D eigenvalue weighted by Gasteiger charge is 2.23. The van der Waals surface area contributed by atoms with Gasteiger partial charge < -0.3 is 15.4 Å². The van der Waals surface area contributed by atoms with Crippen LogP contribution in [0.4, 0.5) is 0 Å². The molecule has 0 spiro atoms. The summed E-state index contributed by atoms with van der Waals surface area (Å²) >= 11 is 0. The largest absolute Gasteiger partial charge is 0.477 e. The number of hydrogen-bond donors (Lipinski definition) is 2. The fraction of sp³-hybridized carbons (Fsp3) is 0.269. The highest BCUT2D eigenvalue weighted by atomic mass is 16.5. The van der Waals surface area contributed by atoms with Gasteiger partial charge in [-0.15, -0.1) is 0 Å². The highest BCUT2D eigenvalue weighted by Crippen LogP contribution is 2.29. The summed E-state index contributed by atoms with van der Waals surface area (Å²) in [6.07, 6.45) is 4.57. The SMILES string of the molecule is O=C(N[C@@H](Cc1ccccc1)C(=O)NCc1ccc(OCC2CC2)nc1)c1ccccc1. The molecule has 2 N–H and O–H groups in total. The van der Waals surface area contributed by atoms with Crippen molar-refractivity contribution in [1.29, 1.82) is 0 Å². The van der Waals surface area contributed by atoms with Crippen LogP contribution in [0.5, 0.6) is 5.88 Å². The summed E-state index contributed by atoms with van der Waals surface area (Å²) in [4.78, 5) is 29.9. The number of aromatic nitrogens is 1. The Labute approximate surface area is 188 Å². The van der Waals surface area contributed by atoms with E-state index in [4.69, 9.17) is 4.74 Å². The van der Waals surface area contributed by atoms with Gasteiger partial charge in [0.15, 0.2) is 0 Å². The molecule has 6 heteroatoms. The predicted molar refractivity (Wildman–Crippen MR) is 122 cm³/mol. The number of ether oxygens (including phenoxy) is 1. The van der Waals surface area contributed by atoms with Gasteiger partial charge in [-0.3, -0.25) is 9.59 Å². The van der Waals surface area contributed by atoms with Crippen molar-refractivity contribution >= 4 is 11.8 Å². The quantitative estimate of drug-likeness (QED) is 0.517. The van der Waals surface area contributed by atoms with Crippen molar-refractivity contribution < 1.29 is 14.3 Å². The Bertz CT molecular complexity index is 1020. The normalized spacial score (nSPS) is 13.8. The third-order valence-corrected chi connectivity index (χ3v) is 5.37. The maximum atomic E-state index is 13.0. The molecule has 0 saturated heterocycles. The molecular formula is C26H27N3O3. The molecule has 1 heterocycles. The lowest BCUT2D eigenvalue weighted by molar-refractivity contribution is -0.123. The van der Waals surface area contributed by atoms with Crippen molar-refractivity contribution in [3.05, 3.63) is 95.7 Å². The molecule has 3 aromatic rings. The molecule has 1 aliphatic carbocycles. The molecule has 1 aromatic heterocycles. The third kappa shape index (κ3) is 6.41. The summed E-state index contributed by atoms with van der Waals surface area (Å²) in [5, 5.41) is 5.79. The fourth-order valence-corrected chi connectivity index (χ4v) is 3.29. The Morgan fingerprint density at radius 3 is 2.31 bits per heavy atom. The van der Waals surface area contributed by atoms with Gasteiger partial charge in [0.05, 0.1) is 6.61 Å². The Balaban J connectivity index is 1.36. The van der Waals surface area contributed by atoms with E-state index in [0.29, 0.717) is 36.9 Å². The van der Waals surface area contributed by atoms with E-state index in [0.717, 1.165) is 11.1 Å². The lowest BCUT2D eigenvalue weighted by atomic mass is 10.0. The van der Waals surface area contributed by atoms with Crippen LogP contribution in [0.15, 0.2) is 79.0 Å². The van der Waals surface area contributed by atoms with Gasteiger partial charge in [-0.2, -0.15) is 0 Å². The topological polar surface area (TPSA) is 80.3 Å². The van der Waals surface area contributed by atoms with E-state index in [2.05, 4.69) is 15.6 Å². The number of nitrogens with one attached hydrogen (secondary N) is 2. The molecule has 164 valence electrons. The van der Waals surface area contributed by atoms with Crippen LogP contribution in [-0.2, 0) is 17.8 Å². The second-order valence-electron chi connectivity index (χ2n) is 8.06. The number of carbonyl (C=O) groups is 2. The lowest BCUT2D eigenvalue weighted by Crippen LogP contribution is -2.47. The molecule has 6 nitrogen and oxygen atoms in total. The summed E-state index contributed by atoms with van der Waals surface area (Å²) in [6, 6.07) is 21.6. The molecular weight excluding hydrogens is 402 g/mol. The Morgan fingerprint density at radius 1 is 0.938 bits per heavy atom. The molecule has 1 aliphatic rings. The second-order valence-corrected chi connectivity index (χ2v) is 8.06. The smallest absolute Gasteiger partial charge is 0.251 e. The first-order valence-electron chi connectivity index (χ1n) is 10.9. The average molecular weight is 430 g/mol. The molecule has 0 radical (unpaired) electrons. The first kappa shape index (κ1) is 21.6. The number of pyridine rings is 1. The number of amides is 2. The maximum absolute atomic E-state index is 13.0. The number of carbonyl (C=O) groups excluding carboxylic acids is 2. The van der Waals surface area contributed by atoms with Gasteiger partial charge in [0, 0.05) is 30.8 Å². The van der Waals surface area contributed by atoms with Crippen LogP contribution in [0, 0.1) is 5.92 Å². The predicted octanol–water partition coefficient (Wildman–Crippen LogP) is 3.53. The molecule has 2 aromatic carbocycles. The molecule has 2 amide bonds. The molecule has 0 bridgehead atoms. The monoisotopic (exact) mass is 429 g/mol. The van der Waals surface area contributed by atoms with Gasteiger partial charge in [-0.25, -0.2) is 4.98 Å². The van der Waals surface area contributed by atoms with Gasteiger partial charge in [0.25, 0.3) is 5.91 Å². The molecule has 4 rings (SSSR count). The van der Waals surface area contributed by atoms with Crippen LogP contribution < -0.4 is 15.4 Å². The summed E-state index contributed by atoms with van der Waals surface area (Å²) in [7, 11) is 0. The zero-order chi connectivity index (χ0) is 22.2. The number of nitrogens with zero attached hydrogens (tertiary/aromatic N) is 1. The zero-order valence-corrected chi connectivity index (χ0v) is 17.9. The first-order chi connectivity index (χ1) is 15.7. The van der Waals surface area contributed by atoms with Crippen LogP contribution in [0.1, 0.15) is 34.3 Å². The van der Waals surface area contributed by atoms with Crippen LogP contribution in [0.2, 0.25) is 0 Å². The fourth-order valence-electron chi connectivity index (χ4n) is 3.29. The van der Waals surface area contributed by atoms with Crippen molar-refractivity contribution in [1.82, 2.24) is 15.6 Å². The number of hydrogen-bond acceptors (Lipinski definition) is 4. The summed E-state index contributed by atoms with van der Waals surface area (Å²) in [6.45, 7) is 1.03. The minimum absolute atomic E-state index is 0.243. The number of benzene rings is 2. The van der Waals surface area contributed by atoms with Gasteiger partial charge >= 0.3 is 0 Å². The molecule has 1 fully saturated rings. The van der Waals surface area contributed by atoms with Gasteiger partial charge in [0.1, 0.15) is 6.04 Å². The van der Waals surface area contributed by atoms with E-state index < -0.39 is 6.04 Å². The second kappa shape index (κ2) is 10.6. The van der Waals surface area contributed by atoms with Gasteiger partial charge in [0.2, 0.25) is 11.8 Å². The van der Waals surface area contributed by atoms with E-state index in [1.165, 1.54) is 12.8 Å². The van der Waals surface area contributed by atoms with Crippen molar-refractivity contribution in [2.75, 3.05) is 6.61 Å². The van der Waals surface area contributed by atoms with E-state index in [1.54, 1.807) is 30.5 Å². The molecule has 1 atom stereocenters. The Hall–Kier alpha value is -3.67. The molecule has 32 heavy (non-hydrogen) atoms. The average Bonchev–Trinajstić information content (AvgIpc) is 3.67. The third-order valence-electron chi connectivity index (χ3n) is 5.37. The van der Waals surface area contributed by atoms with E-state index in [9.17, 15) is 9.59 Å². The standard InChI is InChI=1S/C26H27N3O3/c30-25(22-9-5-2-6-10-22)29-23(15-19-7-3-1-4-8-19)26(31)28-17-21-13-14-24(27-16-21)32-18-20-11-12-20/h1-10,13-14,16,20,23H,11-12,15,17-18H2,(H,28,31)(H,29,30)/t23-/m0/s1. The summed E-state index contributed by atoms with van der Waals surface area (Å²) in [5.74, 6) is 0.750. The van der Waals surface area contributed by atoms with Crippen molar-refractivity contribution in [2.24, 2.45) is 5.92 Å². The zero-order valence-electron chi connectivity index (χ0n) is 17.9. The minimum Gasteiger partial charge on any atom is -0.477 e. The summed E-state index contributed by atoms with van der Waals surface area (Å²) in [5.41, 5.74) is 2.36. The van der Waals surface area contributed by atoms with E-state index >= 15 is 0 Å². The maximum Gasteiger partial charge on any atom is 0.251 e. The first-order valence-corrected chi connectivity index (χ1v) is 10.9. The Morgan fingerprint density at radius 2 is 1.66 bits per heavy atom. The van der Waals surface area contributed by atoms with Crippen LogP contribution in [0.25, 0.3) is 0 Å². The van der Waals surface area contributed by atoms with Crippen LogP contribution in [-0.4, -0.2) is 29.4 Å². The van der Waals surface area contributed by atoms with Crippen molar-refractivity contribution in [3.63, 3.8) is 0 Å². The molecule has 1 saturated carbocycles. The van der Waals surface area contributed by atoms with Crippen molar-refractivity contribution in [2.45, 2.75) is 31.8 Å². The minimum atomic E-state index is -0.695. The van der Waals surface area contributed by atoms with E-state index in [1.807, 2.05) is 48.5 Å². The van der Waals surface area contributed by atoms with Crippen molar-refractivity contribution in [3.8, 4) is 5.88 Å². The lowest BCUT2D eigenvalue weighted by Gasteiger charge is -2.19. The van der Waals surface area contributed by atoms with Gasteiger partial charge in [-0.1, -0.05) is 54.6 Å². The van der Waals surface area contributed by atoms with Crippen LogP contribution in [0.3, 0.4) is 0 Å². The van der Waals surface area contributed by atoms with Crippen LogP contribution >= 0.6 is 0 Å². The van der Waals surface area contributed by atoms with Gasteiger partial charge in [-0.05, 0) is 42.0 Å². The Kier molecular flexibility index (Phi) is 7.12. The highest BCUT2D eigenvalue weighted by molar-refractivity contribution is 5.97. The molecule has 0 aliphatic heterocycles. The van der Waals surface area contributed by atoms with E-state index in [-0.39, 0.29) is 11.8 Å².